The molecule has 30 heavy (non-hydrogen) atoms. The number of likely N-dealkylation sites (tertiary alicyclic amines) is 1. The van der Waals surface area contributed by atoms with E-state index in [9.17, 15) is 4.79 Å². The third kappa shape index (κ3) is 5.75. The summed E-state index contributed by atoms with van der Waals surface area (Å²) in [7, 11) is 1.83. The molecule has 1 aromatic carbocycles. The number of guanidine groups is 1. The number of urea groups is 1. The zero-order chi connectivity index (χ0) is 21.5. The molecule has 2 amide bonds. The van der Waals surface area contributed by atoms with E-state index < -0.39 is 0 Å². The molecule has 2 atom stereocenters. The fourth-order valence-corrected chi connectivity index (χ4v) is 3.74. The minimum absolute atomic E-state index is 0.103. The lowest BCUT2D eigenvalue weighted by Gasteiger charge is -2.39. The molecule has 2 unspecified atom stereocenters. The maximum Gasteiger partial charge on any atom is 0.319 e. The van der Waals surface area contributed by atoms with Crippen LogP contribution in [0.1, 0.15) is 38.8 Å². The van der Waals surface area contributed by atoms with Crippen molar-refractivity contribution in [1.29, 1.82) is 0 Å². The zero-order valence-electron chi connectivity index (χ0n) is 18.3. The maximum absolute atomic E-state index is 11.8. The number of anilines is 1. The number of aliphatic imine (C=N–C) groups is 1. The number of carbonyl (C=O) groups excluding carboxylic acids is 1. The van der Waals surface area contributed by atoms with Crippen LogP contribution in [-0.4, -0.2) is 52.6 Å². The summed E-state index contributed by atoms with van der Waals surface area (Å²) in [6.45, 7) is 8.73. The number of rotatable bonds is 5. The van der Waals surface area contributed by atoms with Crippen molar-refractivity contribution in [3.05, 3.63) is 48.5 Å². The summed E-state index contributed by atoms with van der Waals surface area (Å²) in [5.41, 5.74) is 1.90. The van der Waals surface area contributed by atoms with Crippen LogP contribution in [0.4, 0.5) is 10.5 Å². The fourth-order valence-electron chi connectivity index (χ4n) is 3.74. The van der Waals surface area contributed by atoms with Gasteiger partial charge in [-0.1, -0.05) is 19.1 Å². The third-order valence-corrected chi connectivity index (χ3v) is 5.42. The Balaban J connectivity index is 1.54. The zero-order valence-corrected chi connectivity index (χ0v) is 18.3. The van der Waals surface area contributed by atoms with E-state index in [0.717, 1.165) is 36.7 Å². The first-order valence-electron chi connectivity index (χ1n) is 10.6. The SMILES string of the molecule is CN=C(NCc1ccc(NC(=O)NC(C)C)cc1)N1CCC(C)C(n2ccnc2)C1. The van der Waals surface area contributed by atoms with Crippen LogP contribution >= 0.6 is 0 Å². The molecule has 1 aromatic heterocycles. The highest BCUT2D eigenvalue weighted by atomic mass is 16.2. The van der Waals surface area contributed by atoms with Gasteiger partial charge in [0.2, 0.25) is 0 Å². The molecule has 0 saturated carbocycles. The van der Waals surface area contributed by atoms with Gasteiger partial charge in [0.25, 0.3) is 0 Å². The molecule has 1 aliphatic heterocycles. The molecule has 8 heteroatoms. The van der Waals surface area contributed by atoms with Gasteiger partial charge in [0.1, 0.15) is 0 Å². The van der Waals surface area contributed by atoms with Crippen molar-refractivity contribution in [2.45, 2.75) is 45.8 Å². The monoisotopic (exact) mass is 411 g/mol. The summed E-state index contributed by atoms with van der Waals surface area (Å²) in [6, 6.07) is 8.15. The van der Waals surface area contributed by atoms with Gasteiger partial charge >= 0.3 is 6.03 Å². The number of piperidine rings is 1. The summed E-state index contributed by atoms with van der Waals surface area (Å²) in [5, 5.41) is 9.13. The van der Waals surface area contributed by atoms with E-state index in [1.807, 2.05) is 63.9 Å². The van der Waals surface area contributed by atoms with Crippen molar-refractivity contribution in [1.82, 2.24) is 25.1 Å². The Hall–Kier alpha value is -3.03. The summed E-state index contributed by atoms with van der Waals surface area (Å²) in [5.74, 6) is 1.51. The topological polar surface area (TPSA) is 86.6 Å². The first-order valence-corrected chi connectivity index (χ1v) is 10.6. The van der Waals surface area contributed by atoms with E-state index in [0.29, 0.717) is 18.5 Å². The molecular formula is C22H33N7O. The predicted octanol–water partition coefficient (Wildman–Crippen LogP) is 3.07. The van der Waals surface area contributed by atoms with Gasteiger partial charge < -0.3 is 25.4 Å². The average Bonchev–Trinajstić information content (AvgIpc) is 3.24. The van der Waals surface area contributed by atoms with Crippen LogP contribution in [0, 0.1) is 5.92 Å². The highest BCUT2D eigenvalue weighted by molar-refractivity contribution is 5.89. The van der Waals surface area contributed by atoms with Gasteiger partial charge in [-0.25, -0.2) is 9.78 Å². The van der Waals surface area contributed by atoms with E-state index in [1.165, 1.54) is 0 Å². The first-order chi connectivity index (χ1) is 14.5. The van der Waals surface area contributed by atoms with Crippen LogP contribution in [0.15, 0.2) is 48.0 Å². The van der Waals surface area contributed by atoms with Crippen molar-refractivity contribution in [3.63, 3.8) is 0 Å². The number of nitrogens with one attached hydrogen (secondary N) is 3. The van der Waals surface area contributed by atoms with E-state index in [4.69, 9.17) is 0 Å². The van der Waals surface area contributed by atoms with Crippen LogP contribution in [0.3, 0.4) is 0 Å². The molecule has 1 saturated heterocycles. The number of aromatic nitrogens is 2. The Morgan fingerprint density at radius 2 is 2.07 bits per heavy atom. The van der Waals surface area contributed by atoms with Gasteiger partial charge in [-0.05, 0) is 43.9 Å². The lowest BCUT2D eigenvalue weighted by Crippen LogP contribution is -2.48. The summed E-state index contributed by atoms with van der Waals surface area (Å²) in [6.07, 6.45) is 6.89. The Bertz CT molecular complexity index is 830. The minimum Gasteiger partial charge on any atom is -0.352 e. The number of hydrogen-bond acceptors (Lipinski definition) is 3. The average molecular weight is 412 g/mol. The predicted molar refractivity (Wildman–Crippen MR) is 121 cm³/mol. The second-order valence-electron chi connectivity index (χ2n) is 8.14. The second-order valence-corrected chi connectivity index (χ2v) is 8.14. The van der Waals surface area contributed by atoms with E-state index >= 15 is 0 Å². The molecule has 1 fully saturated rings. The third-order valence-electron chi connectivity index (χ3n) is 5.42. The maximum atomic E-state index is 11.8. The van der Waals surface area contributed by atoms with Crippen molar-refractivity contribution in [2.24, 2.45) is 10.9 Å². The smallest absolute Gasteiger partial charge is 0.319 e. The summed E-state index contributed by atoms with van der Waals surface area (Å²) < 4.78 is 2.20. The first kappa shape index (κ1) is 21.7. The molecule has 0 aliphatic carbocycles. The molecule has 162 valence electrons. The summed E-state index contributed by atoms with van der Waals surface area (Å²) >= 11 is 0. The van der Waals surface area contributed by atoms with E-state index in [1.54, 1.807) is 0 Å². The standard InChI is InChI=1S/C22H33N7O/c1-16(2)26-22(30)27-19-7-5-18(6-8-19)13-25-21(23-4)28-11-9-17(3)20(14-28)29-12-10-24-15-29/h5-8,10,12,15-17,20H,9,11,13-14H2,1-4H3,(H,23,25)(H2,26,27,30). The van der Waals surface area contributed by atoms with Crippen molar-refractivity contribution < 1.29 is 4.79 Å². The van der Waals surface area contributed by atoms with Crippen molar-refractivity contribution in [3.8, 4) is 0 Å². The van der Waals surface area contributed by atoms with Gasteiger partial charge in [0.05, 0.1) is 12.4 Å². The number of nitrogens with zero attached hydrogens (tertiary/aromatic N) is 4. The molecule has 3 N–H and O–H groups in total. The number of carbonyl (C=O) groups is 1. The molecule has 2 aromatic rings. The molecule has 0 spiro atoms. The molecule has 3 rings (SSSR count). The van der Waals surface area contributed by atoms with Gasteiger partial charge in [-0.3, -0.25) is 4.99 Å². The molecule has 0 bridgehead atoms. The lowest BCUT2D eigenvalue weighted by atomic mass is 9.93. The second kappa shape index (κ2) is 10.1. The molecule has 0 radical (unpaired) electrons. The quantitative estimate of drug-likeness (QED) is 0.521. The Labute approximate surface area is 178 Å². The van der Waals surface area contributed by atoms with Crippen LogP contribution in [-0.2, 0) is 6.54 Å². The highest BCUT2D eigenvalue weighted by Crippen LogP contribution is 2.27. The number of hydrogen-bond donors (Lipinski definition) is 3. The van der Waals surface area contributed by atoms with Gasteiger partial charge in [-0.15, -0.1) is 0 Å². The Morgan fingerprint density at radius 3 is 2.70 bits per heavy atom. The molecule has 1 aliphatic rings. The lowest BCUT2D eigenvalue weighted by molar-refractivity contribution is 0.189. The largest absolute Gasteiger partial charge is 0.352 e. The van der Waals surface area contributed by atoms with Crippen LogP contribution in [0.25, 0.3) is 0 Å². The fraction of sp³-hybridized carbons (Fsp3) is 0.500. The number of benzene rings is 1. The van der Waals surface area contributed by atoms with Crippen LogP contribution < -0.4 is 16.0 Å². The van der Waals surface area contributed by atoms with E-state index in [2.05, 4.69) is 42.3 Å². The normalized spacial score (nSPS) is 19.6. The van der Waals surface area contributed by atoms with E-state index in [-0.39, 0.29) is 12.1 Å². The van der Waals surface area contributed by atoms with Gasteiger partial charge in [0, 0.05) is 50.8 Å². The number of amides is 2. The van der Waals surface area contributed by atoms with Crippen LogP contribution in [0.5, 0.6) is 0 Å². The molecular weight excluding hydrogens is 378 g/mol. The van der Waals surface area contributed by atoms with Gasteiger partial charge in [0.15, 0.2) is 5.96 Å². The molecule has 8 nitrogen and oxygen atoms in total. The summed E-state index contributed by atoms with van der Waals surface area (Å²) in [4.78, 5) is 22.8. The minimum atomic E-state index is -0.192. The van der Waals surface area contributed by atoms with Crippen molar-refractivity contribution in [2.75, 3.05) is 25.5 Å². The Kier molecular flexibility index (Phi) is 7.32. The highest BCUT2D eigenvalue weighted by Gasteiger charge is 2.28. The Morgan fingerprint density at radius 1 is 1.30 bits per heavy atom. The number of imidazole rings is 1. The van der Waals surface area contributed by atoms with Crippen LogP contribution in [0.2, 0.25) is 0 Å². The van der Waals surface area contributed by atoms with Crippen molar-refractivity contribution >= 4 is 17.7 Å². The van der Waals surface area contributed by atoms with Gasteiger partial charge in [-0.2, -0.15) is 0 Å². The molecule has 2 heterocycles.